The summed E-state index contributed by atoms with van der Waals surface area (Å²) >= 11 is 1.71. The van der Waals surface area contributed by atoms with Crippen LogP contribution in [-0.2, 0) is 13.0 Å². The van der Waals surface area contributed by atoms with E-state index in [4.69, 9.17) is 10.7 Å². The van der Waals surface area contributed by atoms with Gasteiger partial charge in [-0.15, -0.1) is 11.3 Å². The van der Waals surface area contributed by atoms with Crippen molar-refractivity contribution in [3.05, 3.63) is 76.1 Å². The van der Waals surface area contributed by atoms with Gasteiger partial charge in [0.25, 0.3) is 0 Å². The fraction of sp³-hybridized carbons (Fsp3) is 0.118. The third-order valence-corrected chi connectivity index (χ3v) is 4.05. The molecule has 0 amide bonds. The normalized spacial score (nSPS) is 10.7. The van der Waals surface area contributed by atoms with Gasteiger partial charge < -0.3 is 5.73 Å². The molecule has 20 heavy (non-hydrogen) atoms. The van der Waals surface area contributed by atoms with E-state index in [0.717, 1.165) is 17.1 Å². The summed E-state index contributed by atoms with van der Waals surface area (Å²) in [6.45, 7) is 0.584. The number of thiazole rings is 1. The average molecular weight is 280 g/mol. The van der Waals surface area contributed by atoms with Crippen LogP contribution < -0.4 is 5.73 Å². The highest BCUT2D eigenvalue weighted by atomic mass is 32.1. The Kier molecular flexibility index (Phi) is 3.90. The Labute approximate surface area is 122 Å². The van der Waals surface area contributed by atoms with Gasteiger partial charge in [0.2, 0.25) is 0 Å². The molecule has 2 nitrogen and oxygen atoms in total. The highest BCUT2D eigenvalue weighted by molar-refractivity contribution is 7.10. The Morgan fingerprint density at radius 2 is 1.75 bits per heavy atom. The molecular weight excluding hydrogens is 264 g/mol. The van der Waals surface area contributed by atoms with Crippen LogP contribution in [0.5, 0.6) is 0 Å². The minimum atomic E-state index is 0.584. The second kappa shape index (κ2) is 5.99. The predicted octanol–water partition coefficient (Wildman–Crippen LogP) is 3.86. The molecule has 0 atom stereocenters. The molecule has 0 spiro atoms. The van der Waals surface area contributed by atoms with Gasteiger partial charge in [0.05, 0.1) is 10.7 Å². The van der Waals surface area contributed by atoms with E-state index in [1.54, 1.807) is 11.3 Å². The Morgan fingerprint density at radius 3 is 2.55 bits per heavy atom. The van der Waals surface area contributed by atoms with Crippen LogP contribution in [0, 0.1) is 0 Å². The standard InChI is InChI=1S/C17H16N2S/c18-11-14-6-4-5-13(9-14)10-17-19-16(12-20-17)15-7-2-1-3-8-15/h1-9,12H,10-11,18H2. The maximum Gasteiger partial charge on any atom is 0.0976 e. The summed E-state index contributed by atoms with van der Waals surface area (Å²) in [5.41, 5.74) is 10.3. The maximum atomic E-state index is 5.68. The van der Waals surface area contributed by atoms with E-state index in [1.165, 1.54) is 16.7 Å². The Balaban J connectivity index is 1.80. The molecule has 2 aromatic carbocycles. The van der Waals surface area contributed by atoms with Gasteiger partial charge in [-0.1, -0.05) is 54.6 Å². The lowest BCUT2D eigenvalue weighted by atomic mass is 10.1. The van der Waals surface area contributed by atoms with E-state index >= 15 is 0 Å². The number of nitrogens with two attached hydrogens (primary N) is 1. The van der Waals surface area contributed by atoms with Gasteiger partial charge in [-0.05, 0) is 11.1 Å². The molecule has 0 aliphatic heterocycles. The molecule has 3 rings (SSSR count). The quantitative estimate of drug-likeness (QED) is 0.788. The minimum absolute atomic E-state index is 0.584. The van der Waals surface area contributed by atoms with E-state index in [1.807, 2.05) is 18.2 Å². The van der Waals surface area contributed by atoms with Crippen molar-refractivity contribution in [2.45, 2.75) is 13.0 Å². The second-order valence-electron chi connectivity index (χ2n) is 4.69. The Morgan fingerprint density at radius 1 is 0.950 bits per heavy atom. The summed E-state index contributed by atoms with van der Waals surface area (Å²) in [6, 6.07) is 18.7. The number of hydrogen-bond acceptors (Lipinski definition) is 3. The van der Waals surface area contributed by atoms with Crippen LogP contribution >= 0.6 is 11.3 Å². The number of rotatable bonds is 4. The van der Waals surface area contributed by atoms with Gasteiger partial charge in [-0.3, -0.25) is 0 Å². The lowest BCUT2D eigenvalue weighted by molar-refractivity contribution is 1.05. The summed E-state index contributed by atoms with van der Waals surface area (Å²) in [6.07, 6.45) is 0.866. The zero-order valence-electron chi connectivity index (χ0n) is 11.1. The van der Waals surface area contributed by atoms with Crippen molar-refractivity contribution in [1.82, 2.24) is 4.98 Å². The Hall–Kier alpha value is -1.97. The van der Waals surface area contributed by atoms with Gasteiger partial charge in [-0.25, -0.2) is 4.98 Å². The third kappa shape index (κ3) is 2.95. The monoisotopic (exact) mass is 280 g/mol. The summed E-state index contributed by atoms with van der Waals surface area (Å²) in [4.78, 5) is 4.72. The van der Waals surface area contributed by atoms with E-state index in [9.17, 15) is 0 Å². The average Bonchev–Trinajstić information content (AvgIpc) is 2.97. The molecule has 3 aromatic rings. The van der Waals surface area contributed by atoms with E-state index < -0.39 is 0 Å². The number of benzene rings is 2. The van der Waals surface area contributed by atoms with Crippen LogP contribution in [0.3, 0.4) is 0 Å². The molecule has 0 aliphatic rings. The summed E-state index contributed by atoms with van der Waals surface area (Å²) < 4.78 is 0. The molecule has 100 valence electrons. The Bertz CT molecular complexity index is 689. The highest BCUT2D eigenvalue weighted by Crippen LogP contribution is 2.23. The number of nitrogens with zero attached hydrogens (tertiary/aromatic N) is 1. The van der Waals surface area contributed by atoms with Crippen molar-refractivity contribution in [2.24, 2.45) is 5.73 Å². The molecule has 0 saturated carbocycles. The van der Waals surface area contributed by atoms with Crippen LogP contribution in [-0.4, -0.2) is 4.98 Å². The first kappa shape index (κ1) is 13.0. The summed E-state index contributed by atoms with van der Waals surface area (Å²) in [5.74, 6) is 0. The van der Waals surface area contributed by atoms with Crippen molar-refractivity contribution in [1.29, 1.82) is 0 Å². The van der Waals surface area contributed by atoms with Crippen LogP contribution in [0.25, 0.3) is 11.3 Å². The SMILES string of the molecule is NCc1cccc(Cc2nc(-c3ccccc3)cs2)c1. The van der Waals surface area contributed by atoms with Gasteiger partial charge in [0.15, 0.2) is 0 Å². The second-order valence-corrected chi connectivity index (χ2v) is 5.64. The van der Waals surface area contributed by atoms with Gasteiger partial charge >= 0.3 is 0 Å². The molecule has 0 radical (unpaired) electrons. The topological polar surface area (TPSA) is 38.9 Å². The first-order valence-electron chi connectivity index (χ1n) is 6.63. The van der Waals surface area contributed by atoms with Crippen molar-refractivity contribution >= 4 is 11.3 Å². The molecule has 3 heteroatoms. The fourth-order valence-corrected chi connectivity index (χ4v) is 3.01. The number of aromatic nitrogens is 1. The number of hydrogen-bond donors (Lipinski definition) is 1. The first-order valence-corrected chi connectivity index (χ1v) is 7.51. The summed E-state index contributed by atoms with van der Waals surface area (Å²) in [7, 11) is 0. The highest BCUT2D eigenvalue weighted by Gasteiger charge is 2.05. The predicted molar refractivity (Wildman–Crippen MR) is 84.7 cm³/mol. The van der Waals surface area contributed by atoms with Gasteiger partial charge in [-0.2, -0.15) is 0 Å². The molecule has 0 aliphatic carbocycles. The smallest absolute Gasteiger partial charge is 0.0976 e. The molecule has 1 aromatic heterocycles. The molecular formula is C17H16N2S. The van der Waals surface area contributed by atoms with Crippen LogP contribution in [0.2, 0.25) is 0 Å². The molecule has 2 N–H and O–H groups in total. The van der Waals surface area contributed by atoms with Crippen molar-refractivity contribution in [3.8, 4) is 11.3 Å². The van der Waals surface area contributed by atoms with Crippen LogP contribution in [0.15, 0.2) is 60.0 Å². The largest absolute Gasteiger partial charge is 0.326 e. The zero-order valence-corrected chi connectivity index (χ0v) is 11.9. The lowest BCUT2D eigenvalue weighted by Gasteiger charge is -2.01. The van der Waals surface area contributed by atoms with Crippen LogP contribution in [0.4, 0.5) is 0 Å². The molecule has 1 heterocycles. The van der Waals surface area contributed by atoms with Gasteiger partial charge in [0, 0.05) is 23.9 Å². The van der Waals surface area contributed by atoms with E-state index in [2.05, 4.69) is 41.8 Å². The molecule has 0 unspecified atom stereocenters. The van der Waals surface area contributed by atoms with E-state index in [-0.39, 0.29) is 0 Å². The molecule has 0 fully saturated rings. The van der Waals surface area contributed by atoms with Crippen molar-refractivity contribution in [3.63, 3.8) is 0 Å². The maximum absolute atomic E-state index is 5.68. The van der Waals surface area contributed by atoms with Gasteiger partial charge in [0.1, 0.15) is 0 Å². The zero-order chi connectivity index (χ0) is 13.8. The third-order valence-electron chi connectivity index (χ3n) is 3.20. The minimum Gasteiger partial charge on any atom is -0.326 e. The van der Waals surface area contributed by atoms with Crippen molar-refractivity contribution in [2.75, 3.05) is 0 Å². The molecule has 0 bridgehead atoms. The van der Waals surface area contributed by atoms with Crippen molar-refractivity contribution < 1.29 is 0 Å². The lowest BCUT2D eigenvalue weighted by Crippen LogP contribution is -1.97. The molecule has 0 saturated heterocycles. The van der Waals surface area contributed by atoms with E-state index in [0.29, 0.717) is 6.54 Å². The first-order chi connectivity index (χ1) is 9.85. The summed E-state index contributed by atoms with van der Waals surface area (Å²) in [5, 5.41) is 3.26. The van der Waals surface area contributed by atoms with Crippen LogP contribution in [0.1, 0.15) is 16.1 Å². The fourth-order valence-electron chi connectivity index (χ4n) is 2.17.